The molecular weight excluding hydrogens is 354 g/mol. The van der Waals surface area contributed by atoms with Crippen LogP contribution >= 0.6 is 11.6 Å². The van der Waals surface area contributed by atoms with E-state index in [1.165, 1.54) is 11.1 Å². The van der Waals surface area contributed by atoms with E-state index in [4.69, 9.17) is 11.6 Å². The molecule has 0 saturated heterocycles. The summed E-state index contributed by atoms with van der Waals surface area (Å²) in [5.41, 5.74) is 8.63. The van der Waals surface area contributed by atoms with Gasteiger partial charge in [-0.05, 0) is 77.6 Å². The Labute approximate surface area is 163 Å². The quantitative estimate of drug-likeness (QED) is 0.423. The molecule has 4 heteroatoms. The van der Waals surface area contributed by atoms with Crippen LogP contribution in [0.4, 0.5) is 0 Å². The zero-order chi connectivity index (χ0) is 19.0. The van der Waals surface area contributed by atoms with E-state index in [1.807, 2.05) is 47.2 Å². The molecule has 0 bridgehead atoms. The second kappa shape index (κ2) is 7.01. The van der Waals surface area contributed by atoms with Gasteiger partial charge in [-0.3, -0.25) is 0 Å². The number of rotatable bonds is 4. The monoisotopic (exact) mass is 373 g/mol. The topological polar surface area (TPSA) is 30.7 Å². The molecule has 0 fully saturated rings. The minimum absolute atomic E-state index is 0.712. The van der Waals surface area contributed by atoms with Crippen LogP contribution in [-0.4, -0.2) is 15.0 Å². The minimum atomic E-state index is 0.712. The number of benzene rings is 3. The lowest BCUT2D eigenvalue weighted by Gasteiger charge is -2.15. The van der Waals surface area contributed by atoms with Gasteiger partial charge in [0.05, 0.1) is 11.2 Å². The number of hydrogen-bond donors (Lipinski definition) is 0. The van der Waals surface area contributed by atoms with Crippen molar-refractivity contribution in [2.45, 2.75) is 20.3 Å². The number of aromatic nitrogens is 3. The van der Waals surface area contributed by atoms with Crippen LogP contribution in [0, 0.1) is 6.92 Å². The van der Waals surface area contributed by atoms with Crippen LogP contribution in [0.15, 0.2) is 61.2 Å². The van der Waals surface area contributed by atoms with Crippen molar-refractivity contribution in [3.05, 3.63) is 82.9 Å². The number of halogens is 1. The van der Waals surface area contributed by atoms with Gasteiger partial charge in [-0.25, -0.2) is 4.68 Å². The molecule has 0 atom stereocenters. The number of aryl methyl sites for hydroxylation is 1. The molecule has 134 valence electrons. The van der Waals surface area contributed by atoms with Gasteiger partial charge in [-0.1, -0.05) is 54.6 Å². The van der Waals surface area contributed by atoms with Crippen LogP contribution in [0.5, 0.6) is 0 Å². The van der Waals surface area contributed by atoms with E-state index in [-0.39, 0.29) is 0 Å². The van der Waals surface area contributed by atoms with Gasteiger partial charge in [0.15, 0.2) is 0 Å². The molecule has 4 rings (SSSR count). The standard InChI is InChI=1S/C23H20ClN3/c1-4-16-10-11-19(27-23-9-7-6-8-22(23)25-26-27)14-21(16)20-13-18(24)12-17(5-2)15(20)3/h5-14H,2,4H2,1,3H3. The fourth-order valence-electron chi connectivity index (χ4n) is 3.51. The van der Waals surface area contributed by atoms with E-state index < -0.39 is 0 Å². The summed E-state index contributed by atoms with van der Waals surface area (Å²) in [6, 6.07) is 18.4. The maximum atomic E-state index is 6.39. The van der Waals surface area contributed by atoms with Gasteiger partial charge < -0.3 is 0 Å². The van der Waals surface area contributed by atoms with Gasteiger partial charge >= 0.3 is 0 Å². The fourth-order valence-corrected chi connectivity index (χ4v) is 3.73. The third kappa shape index (κ3) is 3.04. The molecule has 0 radical (unpaired) electrons. The number of nitrogens with zero attached hydrogens (tertiary/aromatic N) is 3. The first-order valence-electron chi connectivity index (χ1n) is 8.99. The van der Waals surface area contributed by atoms with Crippen molar-refractivity contribution in [1.29, 1.82) is 0 Å². The highest BCUT2D eigenvalue weighted by Crippen LogP contribution is 2.34. The van der Waals surface area contributed by atoms with E-state index in [2.05, 4.69) is 48.9 Å². The SMILES string of the molecule is C=Cc1cc(Cl)cc(-c2cc(-n3nnc4ccccc43)ccc2CC)c1C. The third-order valence-electron chi connectivity index (χ3n) is 4.99. The lowest BCUT2D eigenvalue weighted by Crippen LogP contribution is -2.00. The second-order valence-corrected chi connectivity index (χ2v) is 6.99. The Morgan fingerprint density at radius 2 is 1.89 bits per heavy atom. The zero-order valence-electron chi connectivity index (χ0n) is 15.4. The van der Waals surface area contributed by atoms with Gasteiger partial charge in [0.1, 0.15) is 5.52 Å². The van der Waals surface area contributed by atoms with Crippen molar-refractivity contribution >= 4 is 28.7 Å². The Morgan fingerprint density at radius 1 is 1.07 bits per heavy atom. The van der Waals surface area contributed by atoms with Crippen LogP contribution in [-0.2, 0) is 6.42 Å². The predicted molar refractivity (Wildman–Crippen MR) is 114 cm³/mol. The Kier molecular flexibility index (Phi) is 4.54. The zero-order valence-corrected chi connectivity index (χ0v) is 16.2. The lowest BCUT2D eigenvalue weighted by atomic mass is 9.92. The summed E-state index contributed by atoms with van der Waals surface area (Å²) < 4.78 is 1.88. The largest absolute Gasteiger partial charge is 0.213 e. The van der Waals surface area contributed by atoms with Crippen molar-refractivity contribution < 1.29 is 0 Å². The van der Waals surface area contributed by atoms with E-state index in [1.54, 1.807) is 0 Å². The van der Waals surface area contributed by atoms with Gasteiger partial charge in [0, 0.05) is 5.02 Å². The van der Waals surface area contributed by atoms with E-state index >= 15 is 0 Å². The Hall–Kier alpha value is -2.91. The molecule has 3 nitrogen and oxygen atoms in total. The first kappa shape index (κ1) is 17.5. The molecule has 0 aliphatic heterocycles. The predicted octanol–water partition coefficient (Wildman–Crippen LogP) is 6.25. The molecule has 3 aromatic carbocycles. The molecule has 27 heavy (non-hydrogen) atoms. The van der Waals surface area contributed by atoms with Gasteiger partial charge in [-0.2, -0.15) is 0 Å². The Balaban J connectivity index is 1.96. The van der Waals surface area contributed by atoms with Crippen molar-refractivity contribution in [3.8, 4) is 16.8 Å². The van der Waals surface area contributed by atoms with Crippen molar-refractivity contribution in [1.82, 2.24) is 15.0 Å². The lowest BCUT2D eigenvalue weighted by molar-refractivity contribution is 0.823. The first-order chi connectivity index (χ1) is 13.1. The average Bonchev–Trinajstić information content (AvgIpc) is 3.13. The molecule has 0 aliphatic rings. The van der Waals surface area contributed by atoms with Crippen molar-refractivity contribution in [2.75, 3.05) is 0 Å². The Morgan fingerprint density at radius 3 is 2.67 bits per heavy atom. The maximum Gasteiger partial charge on any atom is 0.113 e. The Bertz CT molecular complexity index is 1160. The van der Waals surface area contributed by atoms with Gasteiger partial charge in [0.2, 0.25) is 0 Å². The molecule has 0 N–H and O–H groups in total. The van der Waals surface area contributed by atoms with Crippen LogP contribution in [0.2, 0.25) is 5.02 Å². The van der Waals surface area contributed by atoms with Crippen LogP contribution in [0.1, 0.15) is 23.6 Å². The molecule has 0 spiro atoms. The molecule has 4 aromatic rings. The average molecular weight is 374 g/mol. The molecule has 0 aliphatic carbocycles. The minimum Gasteiger partial charge on any atom is -0.213 e. The summed E-state index contributed by atoms with van der Waals surface area (Å²) in [4.78, 5) is 0. The van der Waals surface area contributed by atoms with E-state index in [0.29, 0.717) is 5.02 Å². The molecule has 0 unspecified atom stereocenters. The molecule has 1 heterocycles. The van der Waals surface area contributed by atoms with Crippen LogP contribution in [0.25, 0.3) is 33.9 Å². The molecule has 1 aromatic heterocycles. The van der Waals surface area contributed by atoms with Crippen LogP contribution in [0.3, 0.4) is 0 Å². The summed E-state index contributed by atoms with van der Waals surface area (Å²) in [5, 5.41) is 9.34. The summed E-state index contributed by atoms with van der Waals surface area (Å²) in [6.07, 6.45) is 2.79. The maximum absolute atomic E-state index is 6.39. The number of fused-ring (bicyclic) bond motifs is 1. The molecule has 0 amide bonds. The van der Waals surface area contributed by atoms with Gasteiger partial charge in [0.25, 0.3) is 0 Å². The van der Waals surface area contributed by atoms with E-state index in [0.717, 1.165) is 39.8 Å². The van der Waals surface area contributed by atoms with Crippen molar-refractivity contribution in [3.63, 3.8) is 0 Å². The fraction of sp³-hybridized carbons (Fsp3) is 0.130. The summed E-state index contributed by atoms with van der Waals surface area (Å²) >= 11 is 6.39. The molecule has 0 saturated carbocycles. The van der Waals surface area contributed by atoms with Crippen molar-refractivity contribution in [2.24, 2.45) is 0 Å². The third-order valence-corrected chi connectivity index (χ3v) is 5.21. The second-order valence-electron chi connectivity index (χ2n) is 6.56. The summed E-state index contributed by atoms with van der Waals surface area (Å²) in [5.74, 6) is 0. The number of para-hydroxylation sites is 1. The van der Waals surface area contributed by atoms with Gasteiger partial charge in [-0.15, -0.1) is 5.10 Å². The highest BCUT2D eigenvalue weighted by atomic mass is 35.5. The smallest absolute Gasteiger partial charge is 0.113 e. The molecular formula is C23H20ClN3. The summed E-state index contributed by atoms with van der Waals surface area (Å²) in [6.45, 7) is 8.20. The summed E-state index contributed by atoms with van der Waals surface area (Å²) in [7, 11) is 0. The highest BCUT2D eigenvalue weighted by Gasteiger charge is 2.13. The van der Waals surface area contributed by atoms with E-state index in [9.17, 15) is 0 Å². The normalized spacial score (nSPS) is 11.1. The number of hydrogen-bond acceptors (Lipinski definition) is 2. The van der Waals surface area contributed by atoms with Crippen LogP contribution < -0.4 is 0 Å². The first-order valence-corrected chi connectivity index (χ1v) is 9.37. The highest BCUT2D eigenvalue weighted by molar-refractivity contribution is 6.31.